The highest BCUT2D eigenvalue weighted by Crippen LogP contribution is 2.27. The van der Waals surface area contributed by atoms with Gasteiger partial charge in [-0.05, 0) is 12.8 Å². The lowest BCUT2D eigenvalue weighted by Gasteiger charge is -2.18. The molecular formula is C10H7NO3. The number of ether oxygens (including phenoxy) is 1. The highest BCUT2D eigenvalue weighted by molar-refractivity contribution is 6.04. The average Bonchev–Trinajstić information content (AvgIpc) is 2.18. The van der Waals surface area contributed by atoms with Gasteiger partial charge >= 0.3 is 11.9 Å². The van der Waals surface area contributed by atoms with Gasteiger partial charge in [-0.1, -0.05) is 18.2 Å². The highest BCUT2D eigenvalue weighted by Gasteiger charge is 2.33. The zero-order valence-electron chi connectivity index (χ0n) is 7.27. The van der Waals surface area contributed by atoms with E-state index in [9.17, 15) is 9.59 Å². The van der Waals surface area contributed by atoms with Crippen LogP contribution in [0, 0.1) is 0 Å². The Labute approximate surface area is 80.2 Å². The molecule has 14 heavy (non-hydrogen) atoms. The first kappa shape index (κ1) is 8.62. The second-order valence-corrected chi connectivity index (χ2v) is 2.88. The fourth-order valence-electron chi connectivity index (χ4n) is 1.42. The van der Waals surface area contributed by atoms with Crippen molar-refractivity contribution in [1.82, 2.24) is 0 Å². The first-order valence-electron chi connectivity index (χ1n) is 4.05. The van der Waals surface area contributed by atoms with Crippen molar-refractivity contribution in [1.29, 1.82) is 0 Å². The van der Waals surface area contributed by atoms with Crippen molar-refractivity contribution in [2.75, 3.05) is 0 Å². The number of hydrogen-bond acceptors (Lipinski definition) is 4. The lowest BCUT2D eigenvalue weighted by atomic mass is 9.99. The van der Waals surface area contributed by atoms with Crippen molar-refractivity contribution >= 4 is 18.7 Å². The molecule has 1 atom stereocenters. The third-order valence-corrected chi connectivity index (χ3v) is 2.07. The Morgan fingerprint density at radius 2 is 2.00 bits per heavy atom. The standard InChI is InChI=1S/C10H7NO3/c1-11-8-6-4-2-3-5-7(6)9(12)14-10(8)13/h2-5,8H,1H2. The predicted octanol–water partition coefficient (Wildman–Crippen LogP) is 1.13. The second-order valence-electron chi connectivity index (χ2n) is 2.88. The van der Waals surface area contributed by atoms with Gasteiger partial charge in [-0.3, -0.25) is 4.99 Å². The van der Waals surface area contributed by atoms with Crippen LogP contribution in [0.5, 0.6) is 0 Å². The maximum Gasteiger partial charge on any atom is 0.346 e. The van der Waals surface area contributed by atoms with Crippen LogP contribution in [0.1, 0.15) is 22.0 Å². The summed E-state index contributed by atoms with van der Waals surface area (Å²) >= 11 is 0. The molecule has 0 fully saturated rings. The van der Waals surface area contributed by atoms with Crippen LogP contribution >= 0.6 is 0 Å². The third-order valence-electron chi connectivity index (χ3n) is 2.07. The largest absolute Gasteiger partial charge is 0.388 e. The Hall–Kier alpha value is -1.97. The maximum atomic E-state index is 11.3. The van der Waals surface area contributed by atoms with E-state index in [0.29, 0.717) is 11.1 Å². The molecule has 4 heteroatoms. The number of rotatable bonds is 1. The van der Waals surface area contributed by atoms with Crippen LogP contribution in [0.2, 0.25) is 0 Å². The number of nitrogens with zero attached hydrogens (tertiary/aromatic N) is 1. The fourth-order valence-corrected chi connectivity index (χ4v) is 1.42. The Morgan fingerprint density at radius 3 is 2.71 bits per heavy atom. The molecule has 0 saturated heterocycles. The van der Waals surface area contributed by atoms with E-state index in [-0.39, 0.29) is 0 Å². The number of aliphatic imine (C=N–C) groups is 1. The highest BCUT2D eigenvalue weighted by atomic mass is 16.6. The first-order valence-corrected chi connectivity index (χ1v) is 4.05. The zero-order valence-corrected chi connectivity index (χ0v) is 7.27. The summed E-state index contributed by atoms with van der Waals surface area (Å²) in [6.45, 7) is 3.30. The quantitative estimate of drug-likeness (QED) is 0.378. The minimum absolute atomic E-state index is 0.379. The smallest absolute Gasteiger partial charge is 0.346 e. The Morgan fingerprint density at radius 1 is 1.29 bits per heavy atom. The summed E-state index contributed by atoms with van der Waals surface area (Å²) in [6, 6.07) is 5.94. The molecule has 70 valence electrons. The summed E-state index contributed by atoms with van der Waals surface area (Å²) in [4.78, 5) is 26.1. The zero-order chi connectivity index (χ0) is 10.1. The van der Waals surface area contributed by atoms with Gasteiger partial charge in [-0.2, -0.15) is 0 Å². The lowest BCUT2D eigenvalue weighted by molar-refractivity contribution is -0.140. The molecular weight excluding hydrogens is 182 g/mol. The molecule has 1 aromatic rings. The van der Waals surface area contributed by atoms with Crippen LogP contribution < -0.4 is 0 Å². The maximum absolute atomic E-state index is 11.3. The molecule has 1 aliphatic rings. The predicted molar refractivity (Wildman–Crippen MR) is 49.2 cm³/mol. The van der Waals surface area contributed by atoms with Crippen LogP contribution in [-0.4, -0.2) is 18.7 Å². The van der Waals surface area contributed by atoms with Gasteiger partial charge in [-0.15, -0.1) is 0 Å². The molecule has 0 aromatic heterocycles. The average molecular weight is 189 g/mol. The number of hydrogen-bond donors (Lipinski definition) is 0. The number of carbonyl (C=O) groups is 2. The van der Waals surface area contributed by atoms with Crippen LogP contribution in [0.15, 0.2) is 29.3 Å². The van der Waals surface area contributed by atoms with Crippen LogP contribution in [-0.2, 0) is 9.53 Å². The minimum atomic E-state index is -0.774. The summed E-state index contributed by atoms with van der Waals surface area (Å²) in [6.07, 6.45) is 0. The summed E-state index contributed by atoms with van der Waals surface area (Å²) < 4.78 is 4.50. The topological polar surface area (TPSA) is 55.7 Å². The molecule has 0 spiro atoms. The van der Waals surface area contributed by atoms with E-state index in [4.69, 9.17) is 0 Å². The Balaban J connectivity index is 2.61. The minimum Gasteiger partial charge on any atom is -0.388 e. The van der Waals surface area contributed by atoms with Gasteiger partial charge in [0, 0.05) is 5.56 Å². The molecule has 0 bridgehead atoms. The molecule has 1 heterocycles. The van der Waals surface area contributed by atoms with Crippen molar-refractivity contribution in [2.24, 2.45) is 4.99 Å². The van der Waals surface area contributed by atoms with Crippen molar-refractivity contribution in [3.8, 4) is 0 Å². The van der Waals surface area contributed by atoms with Gasteiger partial charge in [0.05, 0.1) is 5.56 Å². The molecule has 2 rings (SSSR count). The molecule has 0 amide bonds. The van der Waals surface area contributed by atoms with E-state index in [0.717, 1.165) is 0 Å². The van der Waals surface area contributed by atoms with Gasteiger partial charge in [0.1, 0.15) is 0 Å². The number of esters is 2. The SMILES string of the molecule is C=NC1C(=O)OC(=O)c2ccccc21. The number of carbonyl (C=O) groups excluding carboxylic acids is 2. The van der Waals surface area contributed by atoms with Gasteiger partial charge in [0.25, 0.3) is 0 Å². The lowest BCUT2D eigenvalue weighted by Crippen LogP contribution is -2.26. The summed E-state index contributed by atoms with van der Waals surface area (Å²) in [5, 5.41) is 0. The number of cyclic esters (lactones) is 2. The summed E-state index contributed by atoms with van der Waals surface area (Å²) in [7, 11) is 0. The second kappa shape index (κ2) is 3.06. The van der Waals surface area contributed by atoms with E-state index in [1.165, 1.54) is 0 Å². The van der Waals surface area contributed by atoms with E-state index >= 15 is 0 Å². The van der Waals surface area contributed by atoms with Crippen LogP contribution in [0.4, 0.5) is 0 Å². The van der Waals surface area contributed by atoms with Crippen molar-refractivity contribution < 1.29 is 14.3 Å². The van der Waals surface area contributed by atoms with Gasteiger partial charge in [0.15, 0.2) is 6.04 Å². The molecule has 1 unspecified atom stereocenters. The monoisotopic (exact) mass is 189 g/mol. The normalized spacial score (nSPS) is 19.9. The van der Waals surface area contributed by atoms with Crippen LogP contribution in [0.3, 0.4) is 0 Å². The Kier molecular flexibility index (Phi) is 1.89. The first-order chi connectivity index (χ1) is 6.74. The molecule has 1 aliphatic heterocycles. The van der Waals surface area contributed by atoms with Crippen molar-refractivity contribution in [3.05, 3.63) is 35.4 Å². The Bertz CT molecular complexity index is 425. The van der Waals surface area contributed by atoms with Gasteiger partial charge < -0.3 is 4.74 Å². The molecule has 1 aromatic carbocycles. The molecule has 0 N–H and O–H groups in total. The molecule has 4 nitrogen and oxygen atoms in total. The van der Waals surface area contributed by atoms with Gasteiger partial charge in [0.2, 0.25) is 0 Å². The number of fused-ring (bicyclic) bond motifs is 1. The third kappa shape index (κ3) is 1.12. The molecule has 0 aliphatic carbocycles. The molecule has 0 radical (unpaired) electrons. The van der Waals surface area contributed by atoms with E-state index in [1.807, 2.05) is 0 Å². The summed E-state index contributed by atoms with van der Waals surface area (Å²) in [5.74, 6) is -1.28. The van der Waals surface area contributed by atoms with Crippen molar-refractivity contribution in [2.45, 2.75) is 6.04 Å². The van der Waals surface area contributed by atoms with E-state index in [2.05, 4.69) is 16.4 Å². The van der Waals surface area contributed by atoms with Crippen LogP contribution in [0.25, 0.3) is 0 Å². The van der Waals surface area contributed by atoms with E-state index < -0.39 is 18.0 Å². The molecule has 0 saturated carbocycles. The number of benzene rings is 1. The summed E-state index contributed by atoms with van der Waals surface area (Å²) in [5.41, 5.74) is 0.938. The van der Waals surface area contributed by atoms with E-state index in [1.54, 1.807) is 24.3 Å². The fraction of sp³-hybridized carbons (Fsp3) is 0.100. The van der Waals surface area contributed by atoms with Crippen molar-refractivity contribution in [3.63, 3.8) is 0 Å². The van der Waals surface area contributed by atoms with Gasteiger partial charge in [-0.25, -0.2) is 9.59 Å².